The van der Waals surface area contributed by atoms with Gasteiger partial charge in [-0.3, -0.25) is 0 Å². The van der Waals surface area contributed by atoms with Crippen LogP contribution in [0.25, 0.3) is 0 Å². The molecule has 0 atom stereocenters. The molecule has 0 spiro atoms. The summed E-state index contributed by atoms with van der Waals surface area (Å²) in [4.78, 5) is 4.83. The van der Waals surface area contributed by atoms with Crippen molar-refractivity contribution in [2.75, 3.05) is 32.9 Å². The van der Waals surface area contributed by atoms with Crippen molar-refractivity contribution in [1.29, 1.82) is 0 Å². The van der Waals surface area contributed by atoms with Crippen LogP contribution in [0.1, 0.15) is 69.4 Å². The Morgan fingerprint density at radius 3 is 2.62 bits per heavy atom. The summed E-state index contributed by atoms with van der Waals surface area (Å²) in [6.45, 7) is 6.94. The van der Waals surface area contributed by atoms with Crippen LogP contribution < -0.4 is 10.6 Å². The van der Waals surface area contributed by atoms with Gasteiger partial charge in [-0.1, -0.05) is 43.5 Å². The first-order valence-electron chi connectivity index (χ1n) is 12.1. The van der Waals surface area contributed by atoms with Gasteiger partial charge in [0, 0.05) is 32.9 Å². The highest BCUT2D eigenvalue weighted by Crippen LogP contribution is 2.38. The molecule has 2 aliphatic rings. The van der Waals surface area contributed by atoms with Crippen molar-refractivity contribution in [3.63, 3.8) is 0 Å². The Kier molecular flexibility index (Phi) is 12.9. The fraction of sp³-hybridized carbons (Fsp3) is 0.720. The molecule has 0 unspecified atom stereocenters. The van der Waals surface area contributed by atoms with Crippen LogP contribution in [0.3, 0.4) is 0 Å². The quantitative estimate of drug-likeness (QED) is 0.225. The van der Waals surface area contributed by atoms with Gasteiger partial charge in [-0.2, -0.15) is 0 Å². The van der Waals surface area contributed by atoms with Gasteiger partial charge in [0.05, 0.1) is 19.3 Å². The fourth-order valence-electron chi connectivity index (χ4n) is 4.71. The topological polar surface area (TPSA) is 75.1 Å². The molecule has 1 aliphatic heterocycles. The number of halogens is 1. The molecule has 1 aromatic rings. The lowest BCUT2D eigenvalue weighted by Crippen LogP contribution is -2.44. The van der Waals surface area contributed by atoms with E-state index >= 15 is 0 Å². The lowest BCUT2D eigenvalue weighted by Gasteiger charge is -2.37. The number of rotatable bonds is 10. The number of aliphatic hydroxyl groups excluding tert-OH is 1. The number of hydrogen-bond acceptors (Lipinski definition) is 4. The first kappa shape index (κ1) is 27.3. The maximum absolute atomic E-state index is 9.57. The van der Waals surface area contributed by atoms with Gasteiger partial charge < -0.3 is 25.2 Å². The summed E-state index contributed by atoms with van der Waals surface area (Å²) in [6, 6.07) is 8.53. The lowest BCUT2D eigenvalue weighted by atomic mass is 9.72. The summed E-state index contributed by atoms with van der Waals surface area (Å²) in [5.41, 5.74) is 2.58. The van der Waals surface area contributed by atoms with E-state index < -0.39 is 0 Å². The average molecular weight is 560 g/mol. The number of benzene rings is 1. The van der Waals surface area contributed by atoms with E-state index in [4.69, 9.17) is 14.5 Å². The Balaban J connectivity index is 0.00000363. The third-order valence-corrected chi connectivity index (χ3v) is 6.60. The first-order valence-corrected chi connectivity index (χ1v) is 12.1. The van der Waals surface area contributed by atoms with Crippen LogP contribution in [-0.2, 0) is 22.6 Å². The Morgan fingerprint density at radius 2 is 1.91 bits per heavy atom. The van der Waals surface area contributed by atoms with E-state index in [9.17, 15) is 5.11 Å². The monoisotopic (exact) mass is 559 g/mol. The number of guanidine groups is 1. The van der Waals surface area contributed by atoms with E-state index in [0.29, 0.717) is 19.3 Å². The summed E-state index contributed by atoms with van der Waals surface area (Å²) in [5, 5.41) is 16.5. The van der Waals surface area contributed by atoms with Crippen LogP contribution in [0.2, 0.25) is 0 Å². The molecule has 7 heteroatoms. The Labute approximate surface area is 211 Å². The van der Waals surface area contributed by atoms with Gasteiger partial charge >= 0.3 is 0 Å². The lowest BCUT2D eigenvalue weighted by molar-refractivity contribution is -0.0390. The summed E-state index contributed by atoms with van der Waals surface area (Å²) in [6.07, 6.45) is 9.37. The fourth-order valence-corrected chi connectivity index (χ4v) is 4.71. The summed E-state index contributed by atoms with van der Waals surface area (Å²) in [7, 11) is 0. The zero-order valence-electron chi connectivity index (χ0n) is 19.6. The molecular formula is C25H42IN3O3. The minimum atomic E-state index is 0. The minimum absolute atomic E-state index is 0. The highest BCUT2D eigenvalue weighted by Gasteiger charge is 2.31. The summed E-state index contributed by atoms with van der Waals surface area (Å²) in [5.74, 6) is 0.856. The van der Waals surface area contributed by atoms with Gasteiger partial charge in [-0.05, 0) is 55.6 Å². The van der Waals surface area contributed by atoms with Crippen LogP contribution in [0, 0.1) is 5.41 Å². The van der Waals surface area contributed by atoms with Gasteiger partial charge in [-0.15, -0.1) is 24.0 Å². The van der Waals surface area contributed by atoms with E-state index in [2.05, 4.69) is 41.8 Å². The molecule has 1 saturated heterocycles. The molecule has 1 heterocycles. The third-order valence-electron chi connectivity index (χ3n) is 6.60. The maximum atomic E-state index is 9.57. The van der Waals surface area contributed by atoms with Gasteiger partial charge in [0.2, 0.25) is 0 Å². The SMILES string of the molecule is CCNC(=NCc1cccc(COC2CCOCC2)c1)NCC1(CCO)CCCCC1.I. The second-order valence-corrected chi connectivity index (χ2v) is 9.03. The molecule has 0 aromatic heterocycles. The van der Waals surface area contributed by atoms with E-state index in [1.165, 1.54) is 43.2 Å². The maximum Gasteiger partial charge on any atom is 0.191 e. The van der Waals surface area contributed by atoms with Crippen molar-refractivity contribution in [2.45, 2.75) is 77.5 Å². The number of aliphatic imine (C=N–C) groups is 1. The first-order chi connectivity index (χ1) is 15.2. The van der Waals surface area contributed by atoms with Gasteiger partial charge in [0.15, 0.2) is 5.96 Å². The number of nitrogens with one attached hydrogen (secondary N) is 2. The normalized spacial score (nSPS) is 19.2. The molecular weight excluding hydrogens is 517 g/mol. The molecule has 3 N–H and O–H groups in total. The molecule has 1 aromatic carbocycles. The van der Waals surface area contributed by atoms with Gasteiger partial charge in [0.25, 0.3) is 0 Å². The van der Waals surface area contributed by atoms with Crippen molar-refractivity contribution in [3.05, 3.63) is 35.4 Å². The predicted molar refractivity (Wildman–Crippen MR) is 141 cm³/mol. The van der Waals surface area contributed by atoms with Gasteiger partial charge in [0.1, 0.15) is 0 Å². The Hall–Kier alpha value is -0.900. The van der Waals surface area contributed by atoms with Crippen molar-refractivity contribution in [3.8, 4) is 0 Å². The second kappa shape index (κ2) is 15.1. The van der Waals surface area contributed by atoms with Gasteiger partial charge in [-0.25, -0.2) is 4.99 Å². The molecule has 1 saturated carbocycles. The molecule has 3 rings (SSSR count). The molecule has 6 nitrogen and oxygen atoms in total. The standard InChI is InChI=1S/C25H41N3O3.HI/c1-2-26-24(28-20-25(13-14-29)11-4-3-5-12-25)27-18-21-7-6-8-22(17-21)19-31-23-9-15-30-16-10-23;/h6-8,17,23,29H,2-5,9-16,18-20H2,1H3,(H2,26,27,28);1H. The molecule has 0 bridgehead atoms. The average Bonchev–Trinajstić information content (AvgIpc) is 2.81. The van der Waals surface area contributed by atoms with Crippen molar-refractivity contribution in [2.24, 2.45) is 10.4 Å². The number of nitrogens with zero attached hydrogens (tertiary/aromatic N) is 1. The molecule has 0 amide bonds. The number of aliphatic hydroxyl groups is 1. The van der Waals surface area contributed by atoms with Crippen LogP contribution in [0.5, 0.6) is 0 Å². The zero-order chi connectivity index (χ0) is 21.8. The summed E-state index contributed by atoms with van der Waals surface area (Å²) >= 11 is 0. The highest BCUT2D eigenvalue weighted by atomic mass is 127. The van der Waals surface area contributed by atoms with E-state index in [-0.39, 0.29) is 36.0 Å². The largest absolute Gasteiger partial charge is 0.396 e. The van der Waals surface area contributed by atoms with E-state index in [0.717, 1.165) is 51.5 Å². The molecule has 32 heavy (non-hydrogen) atoms. The number of hydrogen-bond donors (Lipinski definition) is 3. The predicted octanol–water partition coefficient (Wildman–Crippen LogP) is 4.39. The zero-order valence-corrected chi connectivity index (χ0v) is 21.9. The second-order valence-electron chi connectivity index (χ2n) is 9.03. The van der Waals surface area contributed by atoms with E-state index in [1.54, 1.807) is 0 Å². The smallest absolute Gasteiger partial charge is 0.191 e. The number of ether oxygens (including phenoxy) is 2. The minimum Gasteiger partial charge on any atom is -0.396 e. The molecule has 182 valence electrons. The Bertz CT molecular complexity index is 669. The highest BCUT2D eigenvalue weighted by molar-refractivity contribution is 14.0. The van der Waals surface area contributed by atoms with Crippen LogP contribution >= 0.6 is 24.0 Å². The third kappa shape index (κ3) is 9.15. The Morgan fingerprint density at radius 1 is 1.16 bits per heavy atom. The van der Waals surface area contributed by atoms with Crippen molar-refractivity contribution in [1.82, 2.24) is 10.6 Å². The van der Waals surface area contributed by atoms with E-state index in [1.807, 2.05) is 0 Å². The molecule has 1 aliphatic carbocycles. The van der Waals surface area contributed by atoms with Crippen LogP contribution in [-0.4, -0.2) is 50.1 Å². The summed E-state index contributed by atoms with van der Waals surface area (Å²) < 4.78 is 11.5. The van der Waals surface area contributed by atoms with Crippen molar-refractivity contribution < 1.29 is 14.6 Å². The van der Waals surface area contributed by atoms with Crippen LogP contribution in [0.15, 0.2) is 29.3 Å². The van der Waals surface area contributed by atoms with Crippen LogP contribution in [0.4, 0.5) is 0 Å². The molecule has 2 fully saturated rings. The van der Waals surface area contributed by atoms with Crippen molar-refractivity contribution >= 4 is 29.9 Å². The molecule has 0 radical (unpaired) electrons.